The van der Waals surface area contributed by atoms with Gasteiger partial charge in [-0.2, -0.15) is 4.99 Å². The number of aromatic nitrogens is 1. The van der Waals surface area contributed by atoms with Gasteiger partial charge in [0.1, 0.15) is 0 Å². The summed E-state index contributed by atoms with van der Waals surface area (Å²) in [6.45, 7) is 3.19. The van der Waals surface area contributed by atoms with Crippen molar-refractivity contribution in [2.75, 3.05) is 6.79 Å². The third kappa shape index (κ3) is 3.37. The number of ether oxygens (including phenoxy) is 2. The third-order valence-electron chi connectivity index (χ3n) is 4.32. The minimum Gasteiger partial charge on any atom is -0.454 e. The molecule has 1 aliphatic heterocycles. The molecule has 0 N–H and O–H groups in total. The molecule has 0 saturated carbocycles. The first-order valence-corrected chi connectivity index (χ1v) is 9.60. The summed E-state index contributed by atoms with van der Waals surface area (Å²) in [6.07, 6.45) is 2.08. The quantitative estimate of drug-likeness (QED) is 0.686. The molecule has 134 valence electrons. The standard InChI is InChI=1S/C20H20N2O3S/c1-2-10-22-15-11-16-17(25-13-24-16)12-18(15)26-20(22)21-19(23)9-8-14-6-4-3-5-7-14/h3-7,11-12H,2,8-10,13H2,1H3. The van der Waals surface area contributed by atoms with E-state index >= 15 is 0 Å². The molecule has 4 rings (SSSR count). The zero-order valence-electron chi connectivity index (χ0n) is 14.6. The maximum Gasteiger partial charge on any atom is 0.248 e. The predicted molar refractivity (Wildman–Crippen MR) is 102 cm³/mol. The fourth-order valence-corrected chi connectivity index (χ4v) is 4.13. The highest BCUT2D eigenvalue weighted by Crippen LogP contribution is 2.37. The number of nitrogens with zero attached hydrogens (tertiary/aromatic N) is 2. The van der Waals surface area contributed by atoms with E-state index < -0.39 is 0 Å². The van der Waals surface area contributed by atoms with Gasteiger partial charge < -0.3 is 14.0 Å². The van der Waals surface area contributed by atoms with Crippen molar-refractivity contribution in [1.82, 2.24) is 4.57 Å². The predicted octanol–water partition coefficient (Wildman–Crippen LogP) is 3.90. The van der Waals surface area contributed by atoms with E-state index in [4.69, 9.17) is 9.47 Å². The number of carbonyl (C=O) groups is 1. The normalized spacial score (nSPS) is 13.5. The summed E-state index contributed by atoms with van der Waals surface area (Å²) in [4.78, 5) is 17.5. The molecule has 26 heavy (non-hydrogen) atoms. The lowest BCUT2D eigenvalue weighted by Gasteiger charge is -2.03. The van der Waals surface area contributed by atoms with Crippen LogP contribution in [0, 0.1) is 0 Å². The topological polar surface area (TPSA) is 52.8 Å². The fraction of sp³-hybridized carbons (Fsp3) is 0.300. The number of carbonyl (C=O) groups excluding carboxylic acids is 1. The summed E-state index contributed by atoms with van der Waals surface area (Å²) in [5.74, 6) is 1.41. The van der Waals surface area contributed by atoms with E-state index in [1.54, 1.807) is 0 Å². The van der Waals surface area contributed by atoms with Gasteiger partial charge in [-0.05, 0) is 18.4 Å². The lowest BCUT2D eigenvalue weighted by Crippen LogP contribution is -2.17. The molecule has 0 aliphatic carbocycles. The van der Waals surface area contributed by atoms with Gasteiger partial charge in [0.2, 0.25) is 12.7 Å². The van der Waals surface area contributed by atoms with E-state index in [1.165, 1.54) is 11.3 Å². The molecule has 0 atom stereocenters. The first-order valence-electron chi connectivity index (χ1n) is 8.79. The van der Waals surface area contributed by atoms with Gasteiger partial charge in [-0.1, -0.05) is 48.6 Å². The second kappa shape index (κ2) is 7.33. The molecule has 0 fully saturated rings. The minimum atomic E-state index is -0.0923. The molecule has 0 radical (unpaired) electrons. The zero-order valence-corrected chi connectivity index (χ0v) is 15.4. The lowest BCUT2D eigenvalue weighted by atomic mass is 10.1. The number of fused-ring (bicyclic) bond motifs is 2. The number of benzene rings is 2. The molecule has 0 bridgehead atoms. The molecule has 2 aromatic carbocycles. The van der Waals surface area contributed by atoms with Crippen LogP contribution in [0.4, 0.5) is 0 Å². The SMILES string of the molecule is CCCn1c(=NC(=O)CCc2ccccc2)sc2cc3c(cc21)OCO3. The van der Waals surface area contributed by atoms with Gasteiger partial charge in [0.05, 0.1) is 10.2 Å². The Bertz CT molecular complexity index is 1010. The Morgan fingerprint density at radius 3 is 2.73 bits per heavy atom. The van der Waals surface area contributed by atoms with E-state index in [-0.39, 0.29) is 12.7 Å². The lowest BCUT2D eigenvalue weighted by molar-refractivity contribution is -0.118. The van der Waals surface area contributed by atoms with Gasteiger partial charge >= 0.3 is 0 Å². The molecule has 2 heterocycles. The largest absolute Gasteiger partial charge is 0.454 e. The molecule has 0 unspecified atom stereocenters. The van der Waals surface area contributed by atoms with Gasteiger partial charge in [0.15, 0.2) is 16.3 Å². The van der Waals surface area contributed by atoms with Crippen molar-refractivity contribution < 1.29 is 14.3 Å². The molecule has 6 heteroatoms. The van der Waals surface area contributed by atoms with E-state index in [1.807, 2.05) is 42.5 Å². The van der Waals surface area contributed by atoms with Gasteiger partial charge in [0.25, 0.3) is 0 Å². The number of rotatable bonds is 5. The first kappa shape index (κ1) is 16.8. The Hall–Kier alpha value is -2.60. The monoisotopic (exact) mass is 368 g/mol. The number of hydrogen-bond acceptors (Lipinski definition) is 4. The highest BCUT2D eigenvalue weighted by molar-refractivity contribution is 7.16. The van der Waals surface area contributed by atoms with Crippen LogP contribution in [-0.2, 0) is 17.8 Å². The number of hydrogen-bond donors (Lipinski definition) is 0. The van der Waals surface area contributed by atoms with Crippen molar-refractivity contribution in [2.45, 2.75) is 32.7 Å². The van der Waals surface area contributed by atoms with Gasteiger partial charge in [-0.25, -0.2) is 0 Å². The Kier molecular flexibility index (Phi) is 4.75. The Labute approximate surface area is 155 Å². The maximum atomic E-state index is 12.4. The van der Waals surface area contributed by atoms with Crippen molar-refractivity contribution in [3.8, 4) is 11.5 Å². The molecule has 1 aromatic heterocycles. The summed E-state index contributed by atoms with van der Waals surface area (Å²) >= 11 is 1.52. The van der Waals surface area contributed by atoms with E-state index in [0.717, 1.165) is 45.0 Å². The smallest absolute Gasteiger partial charge is 0.248 e. The maximum absolute atomic E-state index is 12.4. The number of amides is 1. The average Bonchev–Trinajstić information content (AvgIpc) is 3.24. The molecule has 0 saturated heterocycles. The Balaban J connectivity index is 1.65. The molecule has 3 aromatic rings. The van der Waals surface area contributed by atoms with Gasteiger partial charge in [-0.3, -0.25) is 4.79 Å². The van der Waals surface area contributed by atoms with Crippen LogP contribution in [0.1, 0.15) is 25.3 Å². The van der Waals surface area contributed by atoms with E-state index in [9.17, 15) is 4.79 Å². The second-order valence-electron chi connectivity index (χ2n) is 6.20. The van der Waals surface area contributed by atoms with Crippen LogP contribution in [0.15, 0.2) is 47.5 Å². The van der Waals surface area contributed by atoms with Gasteiger partial charge in [0, 0.05) is 25.1 Å². The highest BCUT2D eigenvalue weighted by atomic mass is 32.1. The van der Waals surface area contributed by atoms with Crippen molar-refractivity contribution in [3.05, 3.63) is 52.8 Å². The van der Waals surface area contributed by atoms with E-state index in [2.05, 4.69) is 16.5 Å². The van der Waals surface area contributed by atoms with Crippen LogP contribution in [-0.4, -0.2) is 17.3 Å². The van der Waals surface area contributed by atoms with Crippen molar-refractivity contribution >= 4 is 27.5 Å². The molecule has 5 nitrogen and oxygen atoms in total. The van der Waals surface area contributed by atoms with Crippen molar-refractivity contribution in [3.63, 3.8) is 0 Å². The molecule has 1 amide bonds. The van der Waals surface area contributed by atoms with Crippen LogP contribution in [0.2, 0.25) is 0 Å². The third-order valence-corrected chi connectivity index (χ3v) is 5.36. The van der Waals surface area contributed by atoms with Crippen LogP contribution >= 0.6 is 11.3 Å². The Morgan fingerprint density at radius 2 is 1.96 bits per heavy atom. The number of thiazole rings is 1. The van der Waals surface area contributed by atoms with Crippen molar-refractivity contribution in [2.24, 2.45) is 4.99 Å². The second-order valence-corrected chi connectivity index (χ2v) is 7.21. The highest BCUT2D eigenvalue weighted by Gasteiger charge is 2.17. The average molecular weight is 368 g/mol. The van der Waals surface area contributed by atoms with Gasteiger partial charge in [-0.15, -0.1) is 0 Å². The summed E-state index contributed by atoms with van der Waals surface area (Å²) in [6, 6.07) is 14.0. The molecular weight excluding hydrogens is 348 g/mol. The van der Waals surface area contributed by atoms with E-state index in [0.29, 0.717) is 12.8 Å². The zero-order chi connectivity index (χ0) is 17.9. The van der Waals surface area contributed by atoms with Crippen LogP contribution < -0.4 is 14.3 Å². The molecule has 1 aliphatic rings. The molecule has 0 spiro atoms. The van der Waals surface area contributed by atoms with Crippen LogP contribution in [0.25, 0.3) is 10.2 Å². The Morgan fingerprint density at radius 1 is 1.19 bits per heavy atom. The first-order chi connectivity index (χ1) is 12.7. The fourth-order valence-electron chi connectivity index (χ4n) is 3.04. The molecular formula is C20H20N2O3S. The summed E-state index contributed by atoms with van der Waals surface area (Å²) in [5, 5.41) is 0. The summed E-state index contributed by atoms with van der Waals surface area (Å²) in [7, 11) is 0. The summed E-state index contributed by atoms with van der Waals surface area (Å²) < 4.78 is 14.1. The number of aryl methyl sites for hydroxylation is 2. The van der Waals surface area contributed by atoms with Crippen LogP contribution in [0.3, 0.4) is 0 Å². The van der Waals surface area contributed by atoms with Crippen LogP contribution in [0.5, 0.6) is 11.5 Å². The van der Waals surface area contributed by atoms with Crippen molar-refractivity contribution in [1.29, 1.82) is 0 Å². The summed E-state index contributed by atoms with van der Waals surface area (Å²) in [5.41, 5.74) is 2.19. The minimum absolute atomic E-state index is 0.0923.